The highest BCUT2D eigenvalue weighted by molar-refractivity contribution is 5.97. The number of carbonyl (C=O) groups excluding carboxylic acids is 2. The molecule has 1 N–H and O–H groups in total. The molecule has 0 atom stereocenters. The molecule has 2 amide bonds. The second kappa shape index (κ2) is 7.91. The summed E-state index contributed by atoms with van der Waals surface area (Å²) in [6.07, 6.45) is 1.66. The molecule has 2 aromatic rings. The molecule has 0 saturated carbocycles. The second-order valence-electron chi connectivity index (χ2n) is 6.11. The average molecular weight is 354 g/mol. The van der Waals surface area contributed by atoms with Crippen molar-refractivity contribution < 1.29 is 19.1 Å². The van der Waals surface area contributed by atoms with Crippen LogP contribution < -0.4 is 19.7 Å². The molecule has 0 bridgehead atoms. The zero-order valence-electron chi connectivity index (χ0n) is 15.0. The van der Waals surface area contributed by atoms with Gasteiger partial charge in [-0.3, -0.25) is 9.59 Å². The summed E-state index contributed by atoms with van der Waals surface area (Å²) in [6.45, 7) is 0.724. The quantitative estimate of drug-likeness (QED) is 0.866. The van der Waals surface area contributed by atoms with Gasteiger partial charge in [0.15, 0.2) is 11.5 Å². The fourth-order valence-electron chi connectivity index (χ4n) is 3.05. The van der Waals surface area contributed by atoms with Crippen LogP contribution in [0.4, 0.5) is 11.4 Å². The van der Waals surface area contributed by atoms with Crippen LogP contribution in [-0.2, 0) is 16.0 Å². The number of ether oxygens (including phenoxy) is 2. The molecule has 3 rings (SSSR count). The van der Waals surface area contributed by atoms with Crippen LogP contribution in [0.25, 0.3) is 0 Å². The van der Waals surface area contributed by atoms with Gasteiger partial charge in [-0.2, -0.15) is 0 Å². The van der Waals surface area contributed by atoms with Crippen LogP contribution in [0.1, 0.15) is 18.4 Å². The first-order valence-corrected chi connectivity index (χ1v) is 8.52. The first-order chi connectivity index (χ1) is 12.6. The van der Waals surface area contributed by atoms with Crippen molar-refractivity contribution in [1.29, 1.82) is 0 Å². The van der Waals surface area contributed by atoms with Gasteiger partial charge in [0.2, 0.25) is 11.8 Å². The van der Waals surface area contributed by atoms with Crippen LogP contribution in [0, 0.1) is 0 Å². The molecule has 0 unspecified atom stereocenters. The Balaban J connectivity index is 1.68. The molecule has 1 heterocycles. The standard InChI is InChI=1S/C20H22N2O4/c1-25-17-9-8-14(11-18(17)26-2)12-19(23)21-15-5-3-6-16(13-15)22-10-4-7-20(22)24/h3,5-6,8-9,11,13H,4,7,10,12H2,1-2H3,(H,21,23). The lowest BCUT2D eigenvalue weighted by Gasteiger charge is -2.17. The van der Waals surface area contributed by atoms with E-state index in [0.717, 1.165) is 24.2 Å². The van der Waals surface area contributed by atoms with E-state index in [1.165, 1.54) is 0 Å². The fourth-order valence-corrected chi connectivity index (χ4v) is 3.05. The summed E-state index contributed by atoms with van der Waals surface area (Å²) in [5.41, 5.74) is 2.31. The molecule has 1 aliphatic rings. The molecule has 26 heavy (non-hydrogen) atoms. The van der Waals surface area contributed by atoms with Gasteiger partial charge in [0.05, 0.1) is 20.6 Å². The lowest BCUT2D eigenvalue weighted by molar-refractivity contribution is -0.117. The molecule has 1 saturated heterocycles. The maximum Gasteiger partial charge on any atom is 0.228 e. The van der Waals surface area contributed by atoms with Crippen molar-refractivity contribution in [2.75, 3.05) is 31.0 Å². The van der Waals surface area contributed by atoms with Crippen molar-refractivity contribution in [3.8, 4) is 11.5 Å². The summed E-state index contributed by atoms with van der Waals surface area (Å²) in [5, 5.41) is 2.89. The van der Waals surface area contributed by atoms with Crippen LogP contribution in [0.15, 0.2) is 42.5 Å². The Kier molecular flexibility index (Phi) is 5.41. The first-order valence-electron chi connectivity index (χ1n) is 8.52. The first kappa shape index (κ1) is 17.8. The summed E-state index contributed by atoms with van der Waals surface area (Å²) in [6, 6.07) is 12.8. The van der Waals surface area contributed by atoms with Crippen molar-refractivity contribution in [3.63, 3.8) is 0 Å². The predicted molar refractivity (Wildman–Crippen MR) is 99.9 cm³/mol. The number of hydrogen-bond acceptors (Lipinski definition) is 4. The number of nitrogens with zero attached hydrogens (tertiary/aromatic N) is 1. The van der Waals surface area contributed by atoms with Gasteiger partial charge in [-0.25, -0.2) is 0 Å². The number of nitrogens with one attached hydrogen (secondary N) is 1. The van der Waals surface area contributed by atoms with Gasteiger partial charge in [0, 0.05) is 24.3 Å². The molecule has 136 valence electrons. The normalized spacial score (nSPS) is 13.6. The topological polar surface area (TPSA) is 67.9 Å². The molecule has 1 fully saturated rings. The highest BCUT2D eigenvalue weighted by atomic mass is 16.5. The third-order valence-electron chi connectivity index (χ3n) is 4.33. The summed E-state index contributed by atoms with van der Waals surface area (Å²) in [5.74, 6) is 1.20. The van der Waals surface area contributed by atoms with Crippen molar-refractivity contribution >= 4 is 23.2 Å². The van der Waals surface area contributed by atoms with E-state index in [0.29, 0.717) is 23.6 Å². The molecular weight excluding hydrogens is 332 g/mol. The van der Waals surface area contributed by atoms with E-state index < -0.39 is 0 Å². The van der Waals surface area contributed by atoms with E-state index in [1.807, 2.05) is 30.3 Å². The second-order valence-corrected chi connectivity index (χ2v) is 6.11. The molecule has 0 spiro atoms. The molecule has 0 aliphatic carbocycles. The van der Waals surface area contributed by atoms with Gasteiger partial charge in [-0.1, -0.05) is 12.1 Å². The molecular formula is C20H22N2O4. The average Bonchev–Trinajstić information content (AvgIpc) is 3.07. The lowest BCUT2D eigenvalue weighted by atomic mass is 10.1. The van der Waals surface area contributed by atoms with E-state index in [-0.39, 0.29) is 18.2 Å². The lowest BCUT2D eigenvalue weighted by Crippen LogP contribution is -2.23. The van der Waals surface area contributed by atoms with E-state index in [1.54, 1.807) is 31.3 Å². The van der Waals surface area contributed by atoms with Crippen LogP contribution in [0.3, 0.4) is 0 Å². The van der Waals surface area contributed by atoms with Gasteiger partial charge in [0.25, 0.3) is 0 Å². The third kappa shape index (κ3) is 3.96. The maximum absolute atomic E-state index is 12.4. The largest absolute Gasteiger partial charge is 0.493 e. The number of carbonyl (C=O) groups is 2. The van der Waals surface area contributed by atoms with Crippen LogP contribution in [-0.4, -0.2) is 32.6 Å². The van der Waals surface area contributed by atoms with Gasteiger partial charge in [-0.05, 0) is 42.3 Å². The van der Waals surface area contributed by atoms with E-state index in [4.69, 9.17) is 9.47 Å². The molecule has 2 aromatic carbocycles. The minimum Gasteiger partial charge on any atom is -0.493 e. The Morgan fingerprint density at radius 1 is 1.12 bits per heavy atom. The molecule has 6 heteroatoms. The number of anilines is 2. The molecule has 6 nitrogen and oxygen atoms in total. The van der Waals surface area contributed by atoms with Crippen LogP contribution in [0.5, 0.6) is 11.5 Å². The molecule has 0 radical (unpaired) electrons. The van der Waals surface area contributed by atoms with Gasteiger partial charge in [0.1, 0.15) is 0 Å². The zero-order chi connectivity index (χ0) is 18.5. The van der Waals surface area contributed by atoms with E-state index in [9.17, 15) is 9.59 Å². The maximum atomic E-state index is 12.4. The number of methoxy groups -OCH3 is 2. The minimum absolute atomic E-state index is 0.124. The van der Waals surface area contributed by atoms with Crippen molar-refractivity contribution in [2.45, 2.75) is 19.3 Å². The van der Waals surface area contributed by atoms with Crippen molar-refractivity contribution in [3.05, 3.63) is 48.0 Å². The number of rotatable bonds is 6. The predicted octanol–water partition coefficient (Wildman–Crippen LogP) is 3.01. The Hall–Kier alpha value is -3.02. The summed E-state index contributed by atoms with van der Waals surface area (Å²) < 4.78 is 10.5. The Morgan fingerprint density at radius 2 is 1.92 bits per heavy atom. The van der Waals surface area contributed by atoms with Crippen LogP contribution >= 0.6 is 0 Å². The third-order valence-corrected chi connectivity index (χ3v) is 4.33. The van der Waals surface area contributed by atoms with E-state index in [2.05, 4.69) is 5.32 Å². The number of benzene rings is 2. The minimum atomic E-state index is -0.137. The smallest absolute Gasteiger partial charge is 0.228 e. The summed E-state index contributed by atoms with van der Waals surface area (Å²) in [4.78, 5) is 26.0. The Morgan fingerprint density at radius 3 is 2.62 bits per heavy atom. The Labute approximate surface area is 152 Å². The Bertz CT molecular complexity index is 819. The molecule has 0 aromatic heterocycles. The van der Waals surface area contributed by atoms with Crippen LogP contribution in [0.2, 0.25) is 0 Å². The highest BCUT2D eigenvalue weighted by Crippen LogP contribution is 2.28. The zero-order valence-corrected chi connectivity index (χ0v) is 15.0. The molecule has 1 aliphatic heterocycles. The number of amides is 2. The van der Waals surface area contributed by atoms with Gasteiger partial charge >= 0.3 is 0 Å². The highest BCUT2D eigenvalue weighted by Gasteiger charge is 2.21. The van der Waals surface area contributed by atoms with Crippen molar-refractivity contribution in [2.24, 2.45) is 0 Å². The summed E-state index contributed by atoms with van der Waals surface area (Å²) in [7, 11) is 3.13. The number of hydrogen-bond donors (Lipinski definition) is 1. The fraction of sp³-hybridized carbons (Fsp3) is 0.300. The van der Waals surface area contributed by atoms with Gasteiger partial charge < -0.3 is 19.7 Å². The van der Waals surface area contributed by atoms with E-state index >= 15 is 0 Å². The summed E-state index contributed by atoms with van der Waals surface area (Å²) >= 11 is 0. The SMILES string of the molecule is COc1ccc(CC(=O)Nc2cccc(N3CCCC3=O)c2)cc1OC. The van der Waals surface area contributed by atoms with Gasteiger partial charge in [-0.15, -0.1) is 0 Å². The van der Waals surface area contributed by atoms with Crippen molar-refractivity contribution in [1.82, 2.24) is 0 Å². The monoisotopic (exact) mass is 354 g/mol.